The highest BCUT2D eigenvalue weighted by molar-refractivity contribution is 6.29. The lowest BCUT2D eigenvalue weighted by atomic mass is 9.82. The van der Waals surface area contributed by atoms with Crippen molar-refractivity contribution in [2.75, 3.05) is 29.2 Å². The number of hydrogen-bond acceptors (Lipinski definition) is 3. The van der Waals surface area contributed by atoms with E-state index in [0.717, 1.165) is 5.69 Å². The molecule has 0 unspecified atom stereocenters. The Balaban J connectivity index is 2.26. The van der Waals surface area contributed by atoms with Gasteiger partial charge in [-0.3, -0.25) is 9.59 Å². The topological polar surface area (TPSA) is 58.6 Å². The van der Waals surface area contributed by atoms with E-state index in [9.17, 15) is 9.59 Å². The summed E-state index contributed by atoms with van der Waals surface area (Å²) >= 11 is 5.47. The summed E-state index contributed by atoms with van der Waals surface area (Å²) in [6, 6.07) is 5.23. The fourth-order valence-electron chi connectivity index (χ4n) is 2.28. The zero-order chi connectivity index (χ0) is 15.6. The van der Waals surface area contributed by atoms with Crippen LogP contribution >= 0.6 is 11.6 Å². The van der Waals surface area contributed by atoms with Crippen LogP contribution in [0.15, 0.2) is 18.2 Å². The van der Waals surface area contributed by atoms with E-state index in [1.54, 1.807) is 23.1 Å². The molecule has 1 saturated heterocycles. The van der Waals surface area contributed by atoms with Gasteiger partial charge in [-0.2, -0.15) is 0 Å². The Hall–Kier alpha value is -1.75. The molecule has 0 atom stereocenters. The van der Waals surface area contributed by atoms with Crippen molar-refractivity contribution in [1.82, 2.24) is 0 Å². The largest absolute Gasteiger partial charge is 0.492 e. The van der Waals surface area contributed by atoms with Gasteiger partial charge in [-0.15, -0.1) is 11.6 Å². The molecule has 0 aliphatic carbocycles. The molecule has 21 heavy (non-hydrogen) atoms. The molecule has 0 bridgehead atoms. The summed E-state index contributed by atoms with van der Waals surface area (Å²) in [6.45, 7) is 6.84. The van der Waals surface area contributed by atoms with Crippen LogP contribution in [0.25, 0.3) is 0 Å². The second-order valence-electron chi connectivity index (χ2n) is 5.57. The molecular weight excluding hydrogens is 292 g/mol. The van der Waals surface area contributed by atoms with Crippen LogP contribution in [0.4, 0.5) is 11.4 Å². The van der Waals surface area contributed by atoms with Gasteiger partial charge < -0.3 is 15.0 Å². The second kappa shape index (κ2) is 5.93. The third-order valence-electron chi connectivity index (χ3n) is 3.33. The van der Waals surface area contributed by atoms with Crippen LogP contribution in [0.3, 0.4) is 0 Å². The van der Waals surface area contributed by atoms with Crippen molar-refractivity contribution in [2.24, 2.45) is 5.41 Å². The smallest absolute Gasteiger partial charge is 0.239 e. The quantitative estimate of drug-likeness (QED) is 0.672. The molecule has 114 valence electrons. The molecule has 2 amide bonds. The summed E-state index contributed by atoms with van der Waals surface area (Å²) < 4.78 is 5.59. The van der Waals surface area contributed by atoms with E-state index in [0.29, 0.717) is 24.6 Å². The summed E-state index contributed by atoms with van der Waals surface area (Å²) in [5.74, 6) is 0.257. The Morgan fingerprint density at radius 1 is 1.48 bits per heavy atom. The third-order valence-corrected chi connectivity index (χ3v) is 3.58. The van der Waals surface area contributed by atoms with E-state index in [1.807, 2.05) is 20.8 Å². The molecule has 1 heterocycles. The first-order chi connectivity index (χ1) is 9.89. The Kier molecular flexibility index (Phi) is 4.42. The minimum atomic E-state index is -0.324. The average molecular weight is 311 g/mol. The maximum Gasteiger partial charge on any atom is 0.239 e. The van der Waals surface area contributed by atoms with Crippen molar-refractivity contribution in [3.8, 4) is 5.75 Å². The van der Waals surface area contributed by atoms with E-state index in [1.165, 1.54) is 0 Å². The fraction of sp³-hybridized carbons (Fsp3) is 0.467. The standard InChI is InChI=1S/C15H19ClN2O3/c1-4-21-12-7-10(17-13(19)8-16)5-6-11(12)18-9-15(2,3)14(18)20/h5-7H,4,8-9H2,1-3H3,(H,17,19). The molecule has 1 fully saturated rings. The molecule has 1 aliphatic rings. The number of carbonyl (C=O) groups excluding carboxylic acids is 2. The van der Waals surface area contributed by atoms with Gasteiger partial charge in [0.25, 0.3) is 0 Å². The lowest BCUT2D eigenvalue weighted by Crippen LogP contribution is -2.58. The number of ether oxygens (including phenoxy) is 1. The van der Waals surface area contributed by atoms with Crippen molar-refractivity contribution in [3.05, 3.63) is 18.2 Å². The van der Waals surface area contributed by atoms with E-state index >= 15 is 0 Å². The number of β-lactam (4-membered cyclic amide) rings is 1. The van der Waals surface area contributed by atoms with Crippen molar-refractivity contribution in [2.45, 2.75) is 20.8 Å². The third kappa shape index (κ3) is 3.13. The summed E-state index contributed by atoms with van der Waals surface area (Å²) in [5, 5.41) is 2.67. The van der Waals surface area contributed by atoms with E-state index in [4.69, 9.17) is 16.3 Å². The van der Waals surface area contributed by atoms with Gasteiger partial charge >= 0.3 is 0 Å². The lowest BCUT2D eigenvalue weighted by molar-refractivity contribution is -0.132. The molecule has 1 aromatic rings. The zero-order valence-electron chi connectivity index (χ0n) is 12.4. The number of halogens is 1. The number of nitrogens with one attached hydrogen (secondary N) is 1. The molecule has 1 aliphatic heterocycles. The molecule has 1 N–H and O–H groups in total. The predicted molar refractivity (Wildman–Crippen MR) is 83.1 cm³/mol. The average Bonchev–Trinajstić information content (AvgIpc) is 2.45. The van der Waals surface area contributed by atoms with Crippen LogP contribution in [0, 0.1) is 5.41 Å². The monoisotopic (exact) mass is 310 g/mol. The van der Waals surface area contributed by atoms with Crippen LogP contribution in [0.1, 0.15) is 20.8 Å². The van der Waals surface area contributed by atoms with Crippen molar-refractivity contribution >= 4 is 34.8 Å². The normalized spacial score (nSPS) is 16.4. The molecule has 5 nitrogen and oxygen atoms in total. The van der Waals surface area contributed by atoms with Crippen molar-refractivity contribution in [3.63, 3.8) is 0 Å². The van der Waals surface area contributed by atoms with Crippen LogP contribution in [-0.4, -0.2) is 30.8 Å². The number of nitrogens with zero attached hydrogens (tertiary/aromatic N) is 1. The lowest BCUT2D eigenvalue weighted by Gasteiger charge is -2.44. The van der Waals surface area contributed by atoms with Gasteiger partial charge in [-0.25, -0.2) is 0 Å². The first kappa shape index (κ1) is 15.6. The molecule has 2 rings (SSSR count). The summed E-state index contributed by atoms with van der Waals surface area (Å²) in [6.07, 6.45) is 0. The summed E-state index contributed by atoms with van der Waals surface area (Å²) in [5.41, 5.74) is 1.000. The van der Waals surface area contributed by atoms with Gasteiger partial charge in [0.2, 0.25) is 11.8 Å². The van der Waals surface area contributed by atoms with Gasteiger partial charge in [0.15, 0.2) is 0 Å². The predicted octanol–water partition coefficient (Wildman–Crippen LogP) is 2.64. The first-order valence-corrected chi connectivity index (χ1v) is 7.37. The van der Waals surface area contributed by atoms with Crippen LogP contribution in [0.2, 0.25) is 0 Å². The molecule has 0 spiro atoms. The maximum atomic E-state index is 12.1. The van der Waals surface area contributed by atoms with Crippen molar-refractivity contribution in [1.29, 1.82) is 0 Å². The number of hydrogen-bond donors (Lipinski definition) is 1. The molecule has 1 aromatic carbocycles. The molecule has 0 aromatic heterocycles. The molecule has 0 saturated carbocycles. The SMILES string of the molecule is CCOc1cc(NC(=O)CCl)ccc1N1CC(C)(C)C1=O. The fourth-order valence-corrected chi connectivity index (χ4v) is 2.35. The summed E-state index contributed by atoms with van der Waals surface area (Å²) in [7, 11) is 0. The van der Waals surface area contributed by atoms with E-state index in [2.05, 4.69) is 5.32 Å². The number of rotatable bonds is 5. The number of alkyl halides is 1. The number of amides is 2. The van der Waals surface area contributed by atoms with Gasteiger partial charge in [-0.1, -0.05) is 0 Å². The number of anilines is 2. The van der Waals surface area contributed by atoms with E-state index < -0.39 is 0 Å². The maximum absolute atomic E-state index is 12.1. The van der Waals surface area contributed by atoms with Gasteiger partial charge in [0, 0.05) is 18.3 Å². The highest BCUT2D eigenvalue weighted by Crippen LogP contribution is 2.40. The Labute approximate surface area is 129 Å². The van der Waals surface area contributed by atoms with Crippen LogP contribution in [-0.2, 0) is 9.59 Å². The highest BCUT2D eigenvalue weighted by atomic mass is 35.5. The first-order valence-electron chi connectivity index (χ1n) is 6.83. The summed E-state index contributed by atoms with van der Waals surface area (Å²) in [4.78, 5) is 25.2. The van der Waals surface area contributed by atoms with Gasteiger partial charge in [-0.05, 0) is 32.9 Å². The minimum Gasteiger partial charge on any atom is -0.492 e. The van der Waals surface area contributed by atoms with Crippen LogP contribution in [0.5, 0.6) is 5.75 Å². The van der Waals surface area contributed by atoms with Gasteiger partial charge in [0.1, 0.15) is 11.6 Å². The second-order valence-corrected chi connectivity index (χ2v) is 5.84. The highest BCUT2D eigenvalue weighted by Gasteiger charge is 2.45. The van der Waals surface area contributed by atoms with Gasteiger partial charge in [0.05, 0.1) is 17.7 Å². The Morgan fingerprint density at radius 2 is 2.19 bits per heavy atom. The van der Waals surface area contributed by atoms with Crippen LogP contribution < -0.4 is 15.0 Å². The Bertz CT molecular complexity index is 572. The number of benzene rings is 1. The minimum absolute atomic E-state index is 0.0704. The number of carbonyl (C=O) groups is 2. The molecule has 6 heteroatoms. The zero-order valence-corrected chi connectivity index (χ0v) is 13.2. The van der Waals surface area contributed by atoms with Crippen molar-refractivity contribution < 1.29 is 14.3 Å². The molecular formula is C15H19ClN2O3. The molecule has 0 radical (unpaired) electrons. The van der Waals surface area contributed by atoms with E-state index in [-0.39, 0.29) is 23.1 Å². The Morgan fingerprint density at radius 3 is 2.71 bits per heavy atom.